The maximum atomic E-state index is 15.4. The van der Waals surface area contributed by atoms with Gasteiger partial charge in [-0.1, -0.05) is 43.3 Å². The van der Waals surface area contributed by atoms with Gasteiger partial charge in [-0.15, -0.1) is 0 Å². The van der Waals surface area contributed by atoms with Crippen LogP contribution in [0.3, 0.4) is 0 Å². The van der Waals surface area contributed by atoms with Crippen molar-refractivity contribution in [2.45, 2.75) is 156 Å². The van der Waals surface area contributed by atoms with E-state index in [1.54, 1.807) is 6.92 Å². The number of aromatic hydroxyl groups is 1. The Morgan fingerprint density at radius 2 is 1.32 bits per heavy atom. The van der Waals surface area contributed by atoms with E-state index in [2.05, 4.69) is 47.2 Å². The minimum atomic E-state index is -1.77. The van der Waals surface area contributed by atoms with Crippen LogP contribution in [0.15, 0.2) is 97.3 Å². The molecule has 29 heteroatoms. The smallest absolute Gasteiger partial charge is 0.246 e. The molecule has 9 atom stereocenters. The number of nitrogens with one attached hydrogen (secondary N) is 9. The third-order valence-electron chi connectivity index (χ3n) is 18.2. The Morgan fingerprint density at radius 1 is 0.684 bits per heavy atom. The van der Waals surface area contributed by atoms with Crippen LogP contribution in [0.25, 0.3) is 21.8 Å². The number of aliphatic hydroxyl groups excluding tert-OH is 1. The number of benzene rings is 4. The highest BCUT2D eigenvalue weighted by molar-refractivity contribution is 7.98. The highest BCUT2D eigenvalue weighted by Crippen LogP contribution is 2.35. The van der Waals surface area contributed by atoms with Crippen LogP contribution in [0.4, 0.5) is 8.78 Å². The number of primary amides is 1. The summed E-state index contributed by atoms with van der Waals surface area (Å²) < 4.78 is 29.8. The summed E-state index contributed by atoms with van der Waals surface area (Å²) in [6.45, 7) is 2.61. The van der Waals surface area contributed by atoms with Gasteiger partial charge in [0.25, 0.3) is 0 Å². The third kappa shape index (κ3) is 18.6. The Hall–Kier alpha value is -9.06. The average Bonchev–Trinajstić information content (AvgIpc) is 1.58. The molecule has 524 valence electrons. The number of hydrogen-bond acceptors (Lipinski definition) is 15. The van der Waals surface area contributed by atoms with E-state index in [1.807, 2.05) is 24.3 Å². The summed E-state index contributed by atoms with van der Waals surface area (Å²) in [5.74, 6) is -7.67. The molecule has 3 aliphatic rings. The summed E-state index contributed by atoms with van der Waals surface area (Å²) >= 11 is 2.83. The SMILES string of the molecule is CC[C@@]12CCCN1C(=O)[C@H](Cc1ccc(O)cc1)NC(=O)[C@H]([C@@H](C)O)NC(=O)[C@@H]1CCCN1C(=O)[C@H](Cc1c[nH]c3ccc(F)cc13)NC(=O)[C@H](Cc1c[nH]c3ccc(F)cc13)NC(=O)CNC(=O)[C@H](CCCCN)NC(=O)CCSCc1cccc(c1)CSC[C@@H](C(N)=O)NC2=O. The summed E-state index contributed by atoms with van der Waals surface area (Å²) in [5, 5.41) is 41.3. The topological polar surface area (TPSA) is 385 Å². The molecule has 0 spiro atoms. The highest BCUT2D eigenvalue weighted by atomic mass is 32.2. The van der Waals surface area contributed by atoms with Gasteiger partial charge in [0.15, 0.2) is 0 Å². The number of thioether (sulfide) groups is 2. The summed E-state index contributed by atoms with van der Waals surface area (Å²) in [4.78, 5) is 153. The number of aromatic nitrogens is 2. The number of carbonyl (C=O) groups excluding carboxylic acids is 10. The van der Waals surface area contributed by atoms with Crippen LogP contribution in [0, 0.1) is 11.6 Å². The van der Waals surface area contributed by atoms with Crippen LogP contribution in [0.5, 0.6) is 5.75 Å². The first kappa shape index (κ1) is 73.2. The monoisotopic (exact) mass is 1390 g/mol. The number of halogens is 2. The van der Waals surface area contributed by atoms with E-state index in [9.17, 15) is 52.6 Å². The van der Waals surface area contributed by atoms with Crippen molar-refractivity contribution in [1.29, 1.82) is 0 Å². The Labute approximate surface area is 573 Å². The molecular weight excluding hydrogens is 1300 g/mol. The zero-order valence-corrected chi connectivity index (χ0v) is 56.2. The van der Waals surface area contributed by atoms with Gasteiger partial charge in [0, 0.05) is 96.0 Å². The van der Waals surface area contributed by atoms with Gasteiger partial charge in [0.1, 0.15) is 65.2 Å². The van der Waals surface area contributed by atoms with Gasteiger partial charge in [-0.05, 0) is 141 Å². The number of aromatic amines is 2. The van der Waals surface area contributed by atoms with Crippen LogP contribution in [0.2, 0.25) is 0 Å². The van der Waals surface area contributed by atoms with E-state index in [4.69, 9.17) is 11.5 Å². The molecule has 15 N–H and O–H groups in total. The first-order chi connectivity index (χ1) is 47.0. The van der Waals surface area contributed by atoms with Crippen molar-refractivity contribution in [1.82, 2.24) is 57.0 Å². The van der Waals surface area contributed by atoms with Gasteiger partial charge >= 0.3 is 0 Å². The van der Waals surface area contributed by atoms with E-state index in [1.165, 1.54) is 113 Å². The molecular formula is C69H85F2N13O12S2. The largest absolute Gasteiger partial charge is 0.508 e. The number of hydrogen-bond donors (Lipinski definition) is 13. The number of phenolic OH excluding ortho intramolecular Hbond substituents is 1. The van der Waals surface area contributed by atoms with Crippen molar-refractivity contribution >= 4 is 104 Å². The fraction of sp³-hybridized carbons (Fsp3) is 0.449. The lowest BCUT2D eigenvalue weighted by Gasteiger charge is -2.39. The van der Waals surface area contributed by atoms with Crippen molar-refractivity contribution < 1.29 is 66.9 Å². The first-order valence-corrected chi connectivity index (χ1v) is 35.3. The van der Waals surface area contributed by atoms with E-state index in [-0.39, 0.29) is 82.4 Å². The van der Waals surface area contributed by atoms with Crippen molar-refractivity contribution in [2.75, 3.05) is 37.7 Å². The lowest BCUT2D eigenvalue weighted by Crippen LogP contribution is -2.64. The maximum absolute atomic E-state index is 15.4. The maximum Gasteiger partial charge on any atom is 0.246 e. The summed E-state index contributed by atoms with van der Waals surface area (Å²) in [6.07, 6.45) is 2.74. The molecule has 10 amide bonds. The molecule has 98 heavy (non-hydrogen) atoms. The number of nitrogens with two attached hydrogens (primary N) is 2. The zero-order chi connectivity index (χ0) is 70.2. The van der Waals surface area contributed by atoms with Gasteiger partial charge in [0.05, 0.1) is 12.6 Å². The van der Waals surface area contributed by atoms with Crippen LogP contribution < -0.4 is 48.7 Å². The van der Waals surface area contributed by atoms with Gasteiger partial charge in [-0.2, -0.15) is 23.5 Å². The molecule has 25 nitrogen and oxygen atoms in total. The van der Waals surface area contributed by atoms with Gasteiger partial charge in [-0.3, -0.25) is 47.9 Å². The second-order valence-corrected chi connectivity index (χ2v) is 27.2. The minimum absolute atomic E-state index is 0.0318. The number of carbonyl (C=O) groups is 10. The second kappa shape index (κ2) is 33.9. The number of H-pyrrole nitrogens is 2. The Balaban J connectivity index is 1.04. The molecule has 2 fully saturated rings. The number of rotatable bonds is 13. The van der Waals surface area contributed by atoms with Crippen LogP contribution in [0.1, 0.15) is 99.5 Å². The summed E-state index contributed by atoms with van der Waals surface area (Å²) in [5.41, 5.74) is 14.2. The average molecular weight is 1390 g/mol. The Bertz CT molecular complexity index is 3890. The summed E-state index contributed by atoms with van der Waals surface area (Å²) in [6, 6.07) is 11.6. The normalized spacial score (nSPS) is 24.1. The van der Waals surface area contributed by atoms with Crippen molar-refractivity contribution in [3.63, 3.8) is 0 Å². The molecule has 2 saturated heterocycles. The molecule has 2 bridgehead atoms. The Kier molecular flexibility index (Phi) is 25.4. The molecule has 9 rings (SSSR count). The third-order valence-corrected chi connectivity index (χ3v) is 20.3. The number of amides is 10. The predicted octanol–water partition coefficient (Wildman–Crippen LogP) is 3.01. The van der Waals surface area contributed by atoms with E-state index in [0.29, 0.717) is 81.6 Å². The quantitative estimate of drug-likeness (QED) is 0.0740. The van der Waals surface area contributed by atoms with Crippen molar-refractivity contribution in [3.05, 3.63) is 137 Å². The van der Waals surface area contributed by atoms with E-state index >= 15 is 14.4 Å². The van der Waals surface area contributed by atoms with E-state index < -0.39 is 131 Å². The fourth-order valence-corrected chi connectivity index (χ4v) is 14.8. The zero-order valence-electron chi connectivity index (χ0n) is 54.6. The number of nitrogens with zero attached hydrogens (tertiary/aromatic N) is 2. The molecule has 3 aliphatic heterocycles. The standard InChI is InChI=1S/C69H85F2N13O12S2/c1-3-69-22-8-25-84(69)67(95)54(28-40-13-17-47(86)18-14-40)80-65(93)60(39(2)85)82-64(92)57-12-7-24-83(57)66(94)55(30-44-34-75-51-20-16-46(71)32-49(44)51)79-63(91)53(29-43-33-74-50-19-15-45(70)31-48(43)50)78-59(88)35-76-62(90)52(11-4-5-23-72)77-58(87)21-26-97-36-41-9-6-10-42(27-41)37-98-38-56(61(73)89)81-68(69)96/h6,9-10,13-20,27,31-34,39,52-57,60,74-75,85-86H,3-5,7-8,11-12,21-26,28-30,35-38,72H2,1-2H3,(H2,73,89)(H,76,90)(H,77,87)(H,78,88)(H,79,91)(H,80,93)(H,81,96)(H,82,92)/t39-,52+,53+,54+,55+,56+,57+,60+,69+/m1/s1. The molecule has 0 radical (unpaired) electrons. The molecule has 5 heterocycles. The highest BCUT2D eigenvalue weighted by Gasteiger charge is 2.51. The van der Waals surface area contributed by atoms with Crippen LogP contribution in [-0.4, -0.2) is 181 Å². The Morgan fingerprint density at radius 3 is 1.96 bits per heavy atom. The number of aliphatic hydroxyl groups is 1. The van der Waals surface area contributed by atoms with Crippen molar-refractivity contribution in [3.8, 4) is 5.75 Å². The fourth-order valence-electron chi connectivity index (χ4n) is 12.9. The number of fused-ring (bicyclic) bond motifs is 6. The van der Waals surface area contributed by atoms with Crippen LogP contribution >= 0.6 is 23.5 Å². The van der Waals surface area contributed by atoms with Crippen molar-refractivity contribution in [2.24, 2.45) is 11.5 Å². The number of phenols is 1. The summed E-state index contributed by atoms with van der Waals surface area (Å²) in [7, 11) is 0. The lowest BCUT2D eigenvalue weighted by molar-refractivity contribution is -0.148. The second-order valence-electron chi connectivity index (χ2n) is 25.1. The molecule has 0 unspecified atom stereocenters. The lowest BCUT2D eigenvalue weighted by atomic mass is 9.90. The minimum Gasteiger partial charge on any atom is -0.508 e. The predicted molar refractivity (Wildman–Crippen MR) is 366 cm³/mol. The molecule has 2 aromatic heterocycles. The van der Waals surface area contributed by atoms with Crippen LogP contribution in [-0.2, 0) is 78.7 Å². The van der Waals surface area contributed by atoms with Gasteiger partial charge < -0.3 is 78.7 Å². The van der Waals surface area contributed by atoms with Gasteiger partial charge in [0.2, 0.25) is 59.1 Å². The number of unbranched alkanes of at least 4 members (excludes halogenated alkanes) is 1. The molecule has 6 aromatic rings. The first-order valence-electron chi connectivity index (χ1n) is 32.9. The van der Waals surface area contributed by atoms with Gasteiger partial charge in [-0.25, -0.2) is 8.78 Å². The molecule has 0 saturated carbocycles. The molecule has 4 aromatic carbocycles. The molecule has 0 aliphatic carbocycles. The van der Waals surface area contributed by atoms with E-state index in [0.717, 1.165) is 11.1 Å².